The van der Waals surface area contributed by atoms with E-state index in [9.17, 15) is 0 Å². The Balaban J connectivity index is 1.65. The lowest BCUT2D eigenvalue weighted by atomic mass is 9.82. The highest BCUT2D eigenvalue weighted by Crippen LogP contribution is 2.52. The Morgan fingerprint density at radius 3 is 2.36 bits per heavy atom. The first-order chi connectivity index (χ1) is 12.3. The van der Waals surface area contributed by atoms with Crippen molar-refractivity contribution >= 4 is 0 Å². The second-order valence-electron chi connectivity index (χ2n) is 7.64. The van der Waals surface area contributed by atoms with E-state index in [0.717, 1.165) is 19.4 Å². The molecule has 25 heavy (non-hydrogen) atoms. The first kappa shape index (κ1) is 14.9. The van der Waals surface area contributed by atoms with Crippen molar-refractivity contribution in [2.75, 3.05) is 0 Å². The lowest BCUT2D eigenvalue weighted by molar-refractivity contribution is 0.0756. The van der Waals surface area contributed by atoms with Crippen molar-refractivity contribution in [3.63, 3.8) is 0 Å². The van der Waals surface area contributed by atoms with Crippen molar-refractivity contribution in [1.82, 2.24) is 4.90 Å². The molecule has 2 atom stereocenters. The van der Waals surface area contributed by atoms with Crippen molar-refractivity contribution in [3.8, 4) is 0 Å². The maximum absolute atomic E-state index is 2.74. The zero-order valence-corrected chi connectivity index (χ0v) is 14.7. The molecule has 2 aliphatic heterocycles. The van der Waals surface area contributed by atoms with Gasteiger partial charge in [-0.05, 0) is 47.6 Å². The molecule has 0 aliphatic carbocycles. The van der Waals surface area contributed by atoms with Crippen LogP contribution in [0.1, 0.15) is 40.8 Å². The molecule has 0 fully saturated rings. The monoisotopic (exact) mass is 325 g/mol. The molecular weight excluding hydrogens is 302 g/mol. The largest absolute Gasteiger partial charge is 0.282 e. The molecule has 1 heteroatoms. The second-order valence-corrected chi connectivity index (χ2v) is 7.64. The van der Waals surface area contributed by atoms with E-state index in [4.69, 9.17) is 0 Å². The van der Waals surface area contributed by atoms with Crippen LogP contribution in [0.25, 0.3) is 0 Å². The van der Waals surface area contributed by atoms with Crippen LogP contribution >= 0.6 is 0 Å². The molecule has 2 bridgehead atoms. The van der Waals surface area contributed by atoms with Crippen LogP contribution in [0.2, 0.25) is 0 Å². The van der Waals surface area contributed by atoms with Gasteiger partial charge in [0.2, 0.25) is 0 Å². The van der Waals surface area contributed by atoms with Crippen LogP contribution in [0.5, 0.6) is 0 Å². The van der Waals surface area contributed by atoms with Crippen molar-refractivity contribution in [1.29, 1.82) is 0 Å². The molecule has 0 amide bonds. The van der Waals surface area contributed by atoms with Gasteiger partial charge in [0.25, 0.3) is 0 Å². The summed E-state index contributed by atoms with van der Waals surface area (Å²) in [6.07, 6.45) is 2.19. The Bertz CT molecular complexity index is 914. The number of rotatable bonds is 2. The van der Waals surface area contributed by atoms with E-state index in [1.54, 1.807) is 0 Å². The summed E-state index contributed by atoms with van der Waals surface area (Å²) in [7, 11) is 0. The summed E-state index contributed by atoms with van der Waals surface area (Å²) >= 11 is 0. The van der Waals surface area contributed by atoms with Crippen molar-refractivity contribution < 1.29 is 0 Å². The van der Waals surface area contributed by atoms with Gasteiger partial charge in [-0.15, -0.1) is 0 Å². The fourth-order valence-corrected chi connectivity index (χ4v) is 4.93. The van der Waals surface area contributed by atoms with Gasteiger partial charge >= 0.3 is 0 Å². The Labute approximate surface area is 149 Å². The van der Waals surface area contributed by atoms with E-state index in [-0.39, 0.29) is 5.54 Å². The van der Waals surface area contributed by atoms with Crippen molar-refractivity contribution in [2.24, 2.45) is 0 Å². The van der Waals surface area contributed by atoms with Crippen LogP contribution in [0.3, 0.4) is 0 Å². The first-order valence-corrected chi connectivity index (χ1v) is 9.22. The molecule has 0 saturated heterocycles. The molecule has 1 nitrogen and oxygen atoms in total. The quantitative estimate of drug-likeness (QED) is 0.621. The van der Waals surface area contributed by atoms with Gasteiger partial charge in [-0.3, -0.25) is 4.90 Å². The van der Waals surface area contributed by atoms with Gasteiger partial charge in [-0.25, -0.2) is 0 Å². The minimum atomic E-state index is 0.0592. The van der Waals surface area contributed by atoms with E-state index in [1.165, 1.54) is 27.8 Å². The molecule has 3 aromatic carbocycles. The summed E-state index contributed by atoms with van der Waals surface area (Å²) in [5, 5.41) is 0. The molecule has 0 unspecified atom stereocenters. The molecule has 0 N–H and O–H groups in total. The predicted octanol–water partition coefficient (Wildman–Crippen LogP) is 5.26. The van der Waals surface area contributed by atoms with E-state index in [1.807, 2.05) is 0 Å². The van der Waals surface area contributed by atoms with Gasteiger partial charge in [0.1, 0.15) is 0 Å². The molecule has 0 saturated carbocycles. The number of benzene rings is 3. The highest BCUT2D eigenvalue weighted by atomic mass is 15.2. The fraction of sp³-hybridized carbons (Fsp3) is 0.250. The summed E-state index contributed by atoms with van der Waals surface area (Å²) < 4.78 is 0. The molecule has 0 radical (unpaired) electrons. The number of hydrogen-bond acceptors (Lipinski definition) is 1. The average Bonchev–Trinajstić information content (AvgIpc) is 2.78. The normalized spacial score (nSPS) is 24.4. The standard InChI is InChI=1S/C24H23N/c1-24-16-20-12-6-5-11-19(20)15-23(21-13-7-8-14-22(21)24)25(24)17-18-9-3-2-4-10-18/h2-14,23H,15-17H2,1H3/t23-,24+/m1/s1. The van der Waals surface area contributed by atoms with E-state index >= 15 is 0 Å². The molecule has 0 aromatic heterocycles. The molecule has 5 rings (SSSR count). The Hall–Kier alpha value is -2.38. The van der Waals surface area contributed by atoms with Crippen LogP contribution in [-0.4, -0.2) is 4.90 Å². The number of nitrogens with zero attached hydrogens (tertiary/aromatic N) is 1. The molecule has 0 spiro atoms. The average molecular weight is 325 g/mol. The van der Waals surface area contributed by atoms with Crippen molar-refractivity contribution in [2.45, 2.75) is 37.9 Å². The summed E-state index contributed by atoms with van der Waals surface area (Å²) in [5.41, 5.74) is 7.53. The Kier molecular flexibility index (Phi) is 3.33. The molecule has 2 heterocycles. The van der Waals surface area contributed by atoms with Crippen LogP contribution in [0, 0.1) is 0 Å². The van der Waals surface area contributed by atoms with Gasteiger partial charge in [-0.2, -0.15) is 0 Å². The lowest BCUT2D eigenvalue weighted by Crippen LogP contribution is -2.40. The maximum atomic E-state index is 2.74. The van der Waals surface area contributed by atoms with Crippen LogP contribution in [0.4, 0.5) is 0 Å². The molecule has 3 aromatic rings. The maximum Gasteiger partial charge on any atom is 0.0485 e. The highest BCUT2D eigenvalue weighted by Gasteiger charge is 2.48. The summed E-state index contributed by atoms with van der Waals surface area (Å²) in [5.74, 6) is 0. The molecule has 124 valence electrons. The van der Waals surface area contributed by atoms with E-state index in [2.05, 4.69) is 90.7 Å². The highest BCUT2D eigenvalue weighted by molar-refractivity contribution is 5.47. The van der Waals surface area contributed by atoms with Crippen LogP contribution in [0.15, 0.2) is 78.9 Å². The van der Waals surface area contributed by atoms with Crippen LogP contribution in [-0.2, 0) is 24.9 Å². The minimum Gasteiger partial charge on any atom is -0.282 e. The smallest absolute Gasteiger partial charge is 0.0485 e. The number of fused-ring (bicyclic) bond motifs is 6. The third-order valence-corrected chi connectivity index (χ3v) is 6.17. The van der Waals surface area contributed by atoms with Crippen LogP contribution < -0.4 is 0 Å². The zero-order valence-electron chi connectivity index (χ0n) is 14.7. The lowest BCUT2D eigenvalue weighted by Gasteiger charge is -2.38. The van der Waals surface area contributed by atoms with Gasteiger partial charge in [0.15, 0.2) is 0 Å². The fourth-order valence-electron chi connectivity index (χ4n) is 4.93. The third kappa shape index (κ3) is 2.26. The van der Waals surface area contributed by atoms with E-state index in [0.29, 0.717) is 6.04 Å². The predicted molar refractivity (Wildman–Crippen MR) is 102 cm³/mol. The second kappa shape index (κ2) is 5.57. The summed E-state index contributed by atoms with van der Waals surface area (Å²) in [6.45, 7) is 3.45. The topological polar surface area (TPSA) is 3.24 Å². The van der Waals surface area contributed by atoms with Gasteiger partial charge in [-0.1, -0.05) is 78.9 Å². The zero-order chi connectivity index (χ0) is 16.9. The van der Waals surface area contributed by atoms with Crippen molar-refractivity contribution in [3.05, 3.63) is 107 Å². The Morgan fingerprint density at radius 2 is 1.52 bits per heavy atom. The molecular formula is C24H23N. The Morgan fingerprint density at radius 1 is 0.840 bits per heavy atom. The SMILES string of the molecule is C[C@]12Cc3ccccc3C[C@H](c3ccccc31)N2Cc1ccccc1. The van der Waals surface area contributed by atoms with E-state index < -0.39 is 0 Å². The summed E-state index contributed by atoms with van der Waals surface area (Å²) in [4.78, 5) is 2.74. The minimum absolute atomic E-state index is 0.0592. The molecule has 2 aliphatic rings. The first-order valence-electron chi connectivity index (χ1n) is 9.22. The van der Waals surface area contributed by atoms with Gasteiger partial charge < -0.3 is 0 Å². The number of hydrogen-bond donors (Lipinski definition) is 0. The van der Waals surface area contributed by atoms with Gasteiger partial charge in [0.05, 0.1) is 0 Å². The van der Waals surface area contributed by atoms with Gasteiger partial charge in [0, 0.05) is 18.1 Å². The summed E-state index contributed by atoms with van der Waals surface area (Å²) in [6, 6.07) is 29.5. The third-order valence-electron chi connectivity index (χ3n) is 6.17.